The number of β-amino-alcohol motifs (C(OH)–C–C–N with tert-alkyl or cyclic N) is 1. The Balaban J connectivity index is 1.87. The molecule has 6 heteroatoms. The van der Waals surface area contributed by atoms with E-state index in [1.165, 1.54) is 0 Å². The van der Waals surface area contributed by atoms with Gasteiger partial charge in [-0.25, -0.2) is 4.98 Å². The summed E-state index contributed by atoms with van der Waals surface area (Å²) in [6, 6.07) is 2.01. The van der Waals surface area contributed by atoms with Crippen molar-refractivity contribution in [2.24, 2.45) is 0 Å². The van der Waals surface area contributed by atoms with E-state index in [1.54, 1.807) is 6.20 Å². The van der Waals surface area contributed by atoms with Crippen molar-refractivity contribution in [3.63, 3.8) is 0 Å². The zero-order valence-corrected chi connectivity index (χ0v) is 13.6. The standard InChI is InChI=1S/C14H22BrN3O2/c1-11-7-12(15)8-16-13(11)17-9-14(2,19)10-18-3-5-20-6-4-18/h7-8,19H,3-6,9-10H2,1-2H3,(H,16,17)/t14-/m1/s1. The molecule has 0 aliphatic carbocycles. The molecule has 0 unspecified atom stereocenters. The van der Waals surface area contributed by atoms with Gasteiger partial charge in [-0.2, -0.15) is 0 Å². The van der Waals surface area contributed by atoms with Crippen LogP contribution in [0.15, 0.2) is 16.7 Å². The molecule has 0 saturated carbocycles. The second-order valence-corrected chi connectivity index (χ2v) is 6.47. The molecule has 1 saturated heterocycles. The van der Waals surface area contributed by atoms with E-state index in [-0.39, 0.29) is 0 Å². The van der Waals surface area contributed by atoms with Gasteiger partial charge in [0.05, 0.1) is 18.8 Å². The fourth-order valence-electron chi connectivity index (χ4n) is 2.30. The molecule has 0 spiro atoms. The predicted octanol–water partition coefficient (Wildman–Crippen LogP) is 1.65. The molecule has 20 heavy (non-hydrogen) atoms. The minimum atomic E-state index is -0.793. The van der Waals surface area contributed by atoms with Crippen LogP contribution in [0.5, 0.6) is 0 Å². The summed E-state index contributed by atoms with van der Waals surface area (Å²) >= 11 is 3.39. The van der Waals surface area contributed by atoms with Crippen LogP contribution in [0.1, 0.15) is 12.5 Å². The summed E-state index contributed by atoms with van der Waals surface area (Å²) in [6.45, 7) is 8.21. The van der Waals surface area contributed by atoms with Gasteiger partial charge in [0.1, 0.15) is 5.82 Å². The maximum atomic E-state index is 10.5. The van der Waals surface area contributed by atoms with Crippen molar-refractivity contribution in [1.82, 2.24) is 9.88 Å². The first-order valence-corrected chi connectivity index (χ1v) is 7.64. The summed E-state index contributed by atoms with van der Waals surface area (Å²) < 4.78 is 6.28. The number of aliphatic hydroxyl groups is 1. The van der Waals surface area contributed by atoms with Crippen LogP contribution in [-0.4, -0.2) is 60.0 Å². The number of halogens is 1. The van der Waals surface area contributed by atoms with Crippen molar-refractivity contribution in [2.45, 2.75) is 19.4 Å². The Labute approximate surface area is 128 Å². The first kappa shape index (κ1) is 15.7. The summed E-state index contributed by atoms with van der Waals surface area (Å²) in [5.74, 6) is 0.815. The Morgan fingerprint density at radius 2 is 2.20 bits per heavy atom. The third kappa shape index (κ3) is 4.70. The van der Waals surface area contributed by atoms with Gasteiger partial charge in [0.2, 0.25) is 0 Å². The van der Waals surface area contributed by atoms with Crippen molar-refractivity contribution in [3.8, 4) is 0 Å². The van der Waals surface area contributed by atoms with E-state index in [4.69, 9.17) is 4.74 Å². The monoisotopic (exact) mass is 343 g/mol. The molecule has 0 amide bonds. The van der Waals surface area contributed by atoms with E-state index in [9.17, 15) is 5.11 Å². The van der Waals surface area contributed by atoms with E-state index in [0.717, 1.165) is 42.2 Å². The zero-order valence-electron chi connectivity index (χ0n) is 12.0. The fourth-order valence-corrected chi connectivity index (χ4v) is 2.74. The minimum absolute atomic E-state index is 0.472. The lowest BCUT2D eigenvalue weighted by atomic mass is 10.1. The second-order valence-electron chi connectivity index (χ2n) is 5.56. The molecule has 2 rings (SSSR count). The number of ether oxygens (including phenoxy) is 1. The van der Waals surface area contributed by atoms with Gasteiger partial charge in [-0.05, 0) is 41.4 Å². The predicted molar refractivity (Wildman–Crippen MR) is 83.0 cm³/mol. The Bertz CT molecular complexity index is 448. The summed E-state index contributed by atoms with van der Waals surface area (Å²) in [4.78, 5) is 6.55. The Morgan fingerprint density at radius 3 is 2.85 bits per heavy atom. The van der Waals surface area contributed by atoms with E-state index >= 15 is 0 Å². The van der Waals surface area contributed by atoms with Gasteiger partial charge >= 0.3 is 0 Å². The summed E-state index contributed by atoms with van der Waals surface area (Å²) in [5, 5.41) is 13.7. The van der Waals surface area contributed by atoms with Crippen molar-refractivity contribution >= 4 is 21.7 Å². The van der Waals surface area contributed by atoms with Crippen LogP contribution in [0.3, 0.4) is 0 Å². The Morgan fingerprint density at radius 1 is 1.50 bits per heavy atom. The number of rotatable bonds is 5. The average Bonchev–Trinajstić information content (AvgIpc) is 2.38. The molecule has 1 aliphatic heterocycles. The molecule has 1 aromatic heterocycles. The van der Waals surface area contributed by atoms with Crippen LogP contribution in [0.25, 0.3) is 0 Å². The lowest BCUT2D eigenvalue weighted by molar-refractivity contribution is -0.0164. The van der Waals surface area contributed by atoms with Crippen LogP contribution in [0.4, 0.5) is 5.82 Å². The van der Waals surface area contributed by atoms with E-state index in [1.807, 2.05) is 19.9 Å². The molecule has 2 heterocycles. The van der Waals surface area contributed by atoms with Crippen LogP contribution in [-0.2, 0) is 4.74 Å². The number of pyridine rings is 1. The lowest BCUT2D eigenvalue weighted by Crippen LogP contribution is -2.49. The fraction of sp³-hybridized carbons (Fsp3) is 0.643. The molecule has 2 N–H and O–H groups in total. The maximum Gasteiger partial charge on any atom is 0.129 e. The molecular formula is C14H22BrN3O2. The number of hydrogen-bond donors (Lipinski definition) is 2. The molecule has 1 aliphatic rings. The van der Waals surface area contributed by atoms with Gasteiger partial charge in [-0.3, -0.25) is 4.90 Å². The SMILES string of the molecule is Cc1cc(Br)cnc1NC[C@@](C)(O)CN1CCOCC1. The van der Waals surface area contributed by atoms with Crippen LogP contribution in [0, 0.1) is 6.92 Å². The molecule has 1 aromatic rings. The second kappa shape index (κ2) is 6.85. The number of aryl methyl sites for hydroxylation is 1. The smallest absolute Gasteiger partial charge is 0.129 e. The quantitative estimate of drug-likeness (QED) is 0.851. The summed E-state index contributed by atoms with van der Waals surface area (Å²) in [7, 11) is 0. The number of nitrogens with zero attached hydrogens (tertiary/aromatic N) is 2. The third-order valence-electron chi connectivity index (χ3n) is 3.35. The van der Waals surface area contributed by atoms with Gasteiger partial charge in [-0.1, -0.05) is 0 Å². The molecule has 112 valence electrons. The molecule has 5 nitrogen and oxygen atoms in total. The highest BCUT2D eigenvalue weighted by atomic mass is 79.9. The van der Waals surface area contributed by atoms with Gasteiger partial charge in [0, 0.05) is 36.8 Å². The first-order valence-electron chi connectivity index (χ1n) is 6.85. The number of morpholine rings is 1. The maximum absolute atomic E-state index is 10.5. The minimum Gasteiger partial charge on any atom is -0.387 e. The topological polar surface area (TPSA) is 57.6 Å². The molecule has 0 radical (unpaired) electrons. The van der Waals surface area contributed by atoms with E-state index in [2.05, 4.69) is 31.1 Å². The largest absolute Gasteiger partial charge is 0.387 e. The van der Waals surface area contributed by atoms with E-state index in [0.29, 0.717) is 13.1 Å². The van der Waals surface area contributed by atoms with Crippen molar-refractivity contribution in [3.05, 3.63) is 22.3 Å². The number of nitrogens with one attached hydrogen (secondary N) is 1. The highest BCUT2D eigenvalue weighted by molar-refractivity contribution is 9.10. The van der Waals surface area contributed by atoms with Crippen LogP contribution in [0.2, 0.25) is 0 Å². The molecule has 0 aromatic carbocycles. The van der Waals surface area contributed by atoms with Crippen molar-refractivity contribution < 1.29 is 9.84 Å². The normalized spacial score (nSPS) is 19.6. The van der Waals surface area contributed by atoms with Gasteiger partial charge in [-0.15, -0.1) is 0 Å². The number of hydrogen-bond acceptors (Lipinski definition) is 5. The van der Waals surface area contributed by atoms with Crippen molar-refractivity contribution in [1.29, 1.82) is 0 Å². The summed E-state index contributed by atoms with van der Waals surface area (Å²) in [5.41, 5.74) is 0.264. The average molecular weight is 344 g/mol. The van der Waals surface area contributed by atoms with Crippen LogP contribution >= 0.6 is 15.9 Å². The lowest BCUT2D eigenvalue weighted by Gasteiger charge is -2.34. The van der Waals surface area contributed by atoms with Gasteiger partial charge in [0.25, 0.3) is 0 Å². The summed E-state index contributed by atoms with van der Waals surface area (Å²) in [6.07, 6.45) is 1.76. The molecule has 1 fully saturated rings. The van der Waals surface area contributed by atoms with Gasteiger partial charge in [0.15, 0.2) is 0 Å². The number of anilines is 1. The zero-order chi connectivity index (χ0) is 14.6. The van der Waals surface area contributed by atoms with E-state index < -0.39 is 5.60 Å². The highest BCUT2D eigenvalue weighted by Gasteiger charge is 2.25. The highest BCUT2D eigenvalue weighted by Crippen LogP contribution is 2.18. The molecular weight excluding hydrogens is 322 g/mol. The third-order valence-corrected chi connectivity index (χ3v) is 3.78. The Kier molecular flexibility index (Phi) is 5.37. The van der Waals surface area contributed by atoms with Crippen LogP contribution < -0.4 is 5.32 Å². The first-order chi connectivity index (χ1) is 9.46. The Hall–Kier alpha value is -0.690. The molecule has 0 bridgehead atoms. The van der Waals surface area contributed by atoms with Crippen molar-refractivity contribution in [2.75, 3.05) is 44.7 Å². The van der Waals surface area contributed by atoms with Gasteiger partial charge < -0.3 is 15.2 Å². The number of aromatic nitrogens is 1. The molecule has 1 atom stereocenters.